The topological polar surface area (TPSA) is 20.7 Å². The SMILES string of the molecule is Fc1cc2[nH]c(=S)n(CCc3ccc(Cl)cc3)c2cc1Br. The summed E-state index contributed by atoms with van der Waals surface area (Å²) >= 11 is 14.4. The molecule has 0 aliphatic heterocycles. The van der Waals surface area contributed by atoms with Crippen molar-refractivity contribution in [3.63, 3.8) is 0 Å². The molecule has 1 N–H and O–H groups in total. The Labute approximate surface area is 139 Å². The lowest BCUT2D eigenvalue weighted by molar-refractivity contribution is 0.622. The standard InChI is InChI=1S/C15H11BrClFN2S/c16-11-7-14-13(8-12(11)18)19-15(21)20(14)6-5-9-1-3-10(17)4-2-9/h1-4,7-8H,5-6H2,(H,19,21). The highest BCUT2D eigenvalue weighted by Gasteiger charge is 2.09. The Bertz CT molecular complexity index is 854. The molecule has 3 rings (SSSR count). The summed E-state index contributed by atoms with van der Waals surface area (Å²) in [6.45, 7) is 0.721. The zero-order chi connectivity index (χ0) is 15.0. The number of fused-ring (bicyclic) bond motifs is 1. The molecule has 2 nitrogen and oxygen atoms in total. The van der Waals surface area contributed by atoms with Crippen LogP contribution in [0.2, 0.25) is 5.02 Å². The molecule has 1 heterocycles. The van der Waals surface area contributed by atoms with Gasteiger partial charge in [0.25, 0.3) is 0 Å². The molecule has 0 bridgehead atoms. The maximum absolute atomic E-state index is 13.6. The van der Waals surface area contributed by atoms with Crippen LogP contribution in [0.15, 0.2) is 40.9 Å². The van der Waals surface area contributed by atoms with E-state index >= 15 is 0 Å². The number of nitrogens with one attached hydrogen (secondary N) is 1. The minimum atomic E-state index is -0.302. The highest BCUT2D eigenvalue weighted by atomic mass is 79.9. The molecule has 21 heavy (non-hydrogen) atoms. The van der Waals surface area contributed by atoms with Gasteiger partial charge >= 0.3 is 0 Å². The fourth-order valence-corrected chi connectivity index (χ4v) is 3.02. The summed E-state index contributed by atoms with van der Waals surface area (Å²) in [6.07, 6.45) is 0.827. The first-order valence-corrected chi connectivity index (χ1v) is 7.94. The van der Waals surface area contributed by atoms with Crippen LogP contribution in [0.25, 0.3) is 11.0 Å². The number of rotatable bonds is 3. The van der Waals surface area contributed by atoms with Crippen molar-refractivity contribution in [3.8, 4) is 0 Å². The molecule has 0 amide bonds. The summed E-state index contributed by atoms with van der Waals surface area (Å²) in [5.41, 5.74) is 2.77. The van der Waals surface area contributed by atoms with Crippen LogP contribution in [-0.2, 0) is 13.0 Å². The summed E-state index contributed by atoms with van der Waals surface area (Å²) in [5.74, 6) is -0.302. The minimum absolute atomic E-state index is 0.302. The van der Waals surface area contributed by atoms with E-state index in [1.807, 2.05) is 28.8 Å². The lowest BCUT2D eigenvalue weighted by atomic mass is 10.1. The predicted molar refractivity (Wildman–Crippen MR) is 89.9 cm³/mol. The van der Waals surface area contributed by atoms with Crippen LogP contribution in [0.3, 0.4) is 0 Å². The number of aromatic amines is 1. The summed E-state index contributed by atoms with van der Waals surface area (Å²) in [6, 6.07) is 10.9. The summed E-state index contributed by atoms with van der Waals surface area (Å²) in [7, 11) is 0. The van der Waals surface area contributed by atoms with Crippen LogP contribution in [0.4, 0.5) is 4.39 Å². The first-order valence-electron chi connectivity index (χ1n) is 6.36. The third-order valence-electron chi connectivity index (χ3n) is 3.35. The van der Waals surface area contributed by atoms with Gasteiger partial charge in [0.2, 0.25) is 0 Å². The summed E-state index contributed by atoms with van der Waals surface area (Å²) in [5, 5.41) is 0.724. The van der Waals surface area contributed by atoms with Crippen molar-refractivity contribution in [2.24, 2.45) is 0 Å². The fraction of sp³-hybridized carbons (Fsp3) is 0.133. The molecule has 3 aromatic rings. The molecule has 1 aromatic heterocycles. The van der Waals surface area contributed by atoms with Gasteiger partial charge in [-0.15, -0.1) is 0 Å². The number of aromatic nitrogens is 2. The molecular weight excluding hydrogens is 375 g/mol. The van der Waals surface area contributed by atoms with E-state index in [4.69, 9.17) is 23.8 Å². The molecule has 0 saturated carbocycles. The van der Waals surface area contributed by atoms with E-state index in [1.54, 1.807) is 6.07 Å². The third kappa shape index (κ3) is 3.05. The average Bonchev–Trinajstić information content (AvgIpc) is 2.74. The molecule has 0 spiro atoms. The van der Waals surface area contributed by atoms with Crippen LogP contribution in [0.5, 0.6) is 0 Å². The number of H-pyrrole nitrogens is 1. The third-order valence-corrected chi connectivity index (χ3v) is 4.54. The second kappa shape index (κ2) is 5.91. The Morgan fingerprint density at radius 1 is 1.24 bits per heavy atom. The second-order valence-corrected chi connectivity index (χ2v) is 6.42. The van der Waals surface area contributed by atoms with Crippen molar-refractivity contribution in [1.29, 1.82) is 0 Å². The molecule has 0 fully saturated rings. The van der Waals surface area contributed by atoms with Crippen LogP contribution in [0, 0.1) is 10.6 Å². The number of benzene rings is 2. The first kappa shape index (κ1) is 14.8. The highest BCUT2D eigenvalue weighted by Crippen LogP contribution is 2.23. The van der Waals surface area contributed by atoms with Crippen LogP contribution >= 0.6 is 39.7 Å². The van der Waals surface area contributed by atoms with Crippen molar-refractivity contribution >= 4 is 50.8 Å². The van der Waals surface area contributed by atoms with Gasteiger partial charge in [-0.05, 0) is 58.3 Å². The molecule has 2 aromatic carbocycles. The molecule has 0 atom stereocenters. The maximum atomic E-state index is 13.6. The molecule has 0 aliphatic rings. The Morgan fingerprint density at radius 3 is 2.67 bits per heavy atom. The number of hydrogen-bond acceptors (Lipinski definition) is 1. The molecule has 0 saturated heterocycles. The van der Waals surface area contributed by atoms with E-state index < -0.39 is 0 Å². The van der Waals surface area contributed by atoms with Crippen LogP contribution < -0.4 is 0 Å². The molecule has 0 unspecified atom stereocenters. The van der Waals surface area contributed by atoms with Gasteiger partial charge in [0.1, 0.15) is 5.82 Å². The van der Waals surface area contributed by atoms with Gasteiger partial charge in [-0.2, -0.15) is 0 Å². The lowest BCUT2D eigenvalue weighted by Gasteiger charge is -2.06. The predicted octanol–water partition coefficient (Wildman–Crippen LogP) is 5.50. The smallest absolute Gasteiger partial charge is 0.178 e. The van der Waals surface area contributed by atoms with Crippen molar-refractivity contribution in [1.82, 2.24) is 9.55 Å². The summed E-state index contributed by atoms with van der Waals surface area (Å²) in [4.78, 5) is 3.04. The number of imidazole rings is 1. The van der Waals surface area contributed by atoms with E-state index in [2.05, 4.69) is 20.9 Å². The quantitative estimate of drug-likeness (QED) is 0.591. The Kier molecular flexibility index (Phi) is 4.15. The molecule has 108 valence electrons. The zero-order valence-electron chi connectivity index (χ0n) is 10.9. The fourth-order valence-electron chi connectivity index (χ4n) is 2.27. The average molecular weight is 386 g/mol. The normalized spacial score (nSPS) is 11.2. The monoisotopic (exact) mass is 384 g/mol. The van der Waals surface area contributed by atoms with Crippen molar-refractivity contribution in [2.45, 2.75) is 13.0 Å². The lowest BCUT2D eigenvalue weighted by Crippen LogP contribution is -2.01. The van der Waals surface area contributed by atoms with E-state index in [1.165, 1.54) is 11.6 Å². The van der Waals surface area contributed by atoms with Crippen molar-refractivity contribution < 1.29 is 4.39 Å². The number of aryl methyl sites for hydroxylation is 2. The van der Waals surface area contributed by atoms with Crippen molar-refractivity contribution in [2.75, 3.05) is 0 Å². The second-order valence-electron chi connectivity index (χ2n) is 4.74. The van der Waals surface area contributed by atoms with E-state index in [9.17, 15) is 4.39 Å². The van der Waals surface area contributed by atoms with Crippen LogP contribution in [-0.4, -0.2) is 9.55 Å². The Morgan fingerprint density at radius 2 is 1.95 bits per heavy atom. The van der Waals surface area contributed by atoms with Gasteiger partial charge in [0.05, 0.1) is 15.5 Å². The molecule has 0 radical (unpaired) electrons. The number of hydrogen-bond donors (Lipinski definition) is 1. The molecule has 6 heteroatoms. The van der Waals surface area contributed by atoms with E-state index in [0.29, 0.717) is 14.8 Å². The van der Waals surface area contributed by atoms with Gasteiger partial charge in [-0.1, -0.05) is 23.7 Å². The maximum Gasteiger partial charge on any atom is 0.178 e. The largest absolute Gasteiger partial charge is 0.330 e. The van der Waals surface area contributed by atoms with Crippen molar-refractivity contribution in [3.05, 3.63) is 62.0 Å². The van der Waals surface area contributed by atoms with Gasteiger partial charge in [-0.3, -0.25) is 0 Å². The van der Waals surface area contributed by atoms with Gasteiger partial charge in [0.15, 0.2) is 4.77 Å². The first-order chi connectivity index (χ1) is 10.0. The summed E-state index contributed by atoms with van der Waals surface area (Å²) < 4.78 is 16.6. The van der Waals surface area contributed by atoms with Gasteiger partial charge in [0, 0.05) is 17.6 Å². The Hall–Kier alpha value is -1.17. The Balaban J connectivity index is 1.93. The molecule has 0 aliphatic carbocycles. The van der Waals surface area contributed by atoms with Gasteiger partial charge < -0.3 is 9.55 Å². The minimum Gasteiger partial charge on any atom is -0.330 e. The van der Waals surface area contributed by atoms with Crippen LogP contribution in [0.1, 0.15) is 5.56 Å². The van der Waals surface area contributed by atoms with Gasteiger partial charge in [-0.25, -0.2) is 4.39 Å². The molecular formula is C15H11BrClFN2S. The van der Waals surface area contributed by atoms with E-state index in [0.717, 1.165) is 23.5 Å². The number of halogens is 3. The highest BCUT2D eigenvalue weighted by molar-refractivity contribution is 9.10. The van der Waals surface area contributed by atoms with E-state index in [-0.39, 0.29) is 5.82 Å². The zero-order valence-corrected chi connectivity index (χ0v) is 14.0. The number of nitrogens with zero attached hydrogens (tertiary/aromatic N) is 1.